The van der Waals surface area contributed by atoms with Gasteiger partial charge in [0.2, 0.25) is 0 Å². The summed E-state index contributed by atoms with van der Waals surface area (Å²) >= 11 is 4.17. The highest BCUT2D eigenvalue weighted by Crippen LogP contribution is 2.25. The molecule has 0 unspecified atom stereocenters. The molecule has 37 heavy (non-hydrogen) atoms. The van der Waals surface area contributed by atoms with Crippen molar-refractivity contribution < 1.29 is 29.3 Å². The van der Waals surface area contributed by atoms with Crippen LogP contribution in [-0.2, 0) is 22.3 Å². The van der Waals surface area contributed by atoms with Crippen molar-refractivity contribution in [3.05, 3.63) is 54.2 Å². The topological polar surface area (TPSA) is 117 Å². The summed E-state index contributed by atoms with van der Waals surface area (Å²) in [7, 11) is 0. The smallest absolute Gasteiger partial charge is 0.407 e. The lowest BCUT2D eigenvalue weighted by Crippen LogP contribution is -2.33. The van der Waals surface area contributed by atoms with Gasteiger partial charge in [0.15, 0.2) is 0 Å². The first-order valence-electron chi connectivity index (χ1n) is 11.9. The predicted octanol–water partition coefficient (Wildman–Crippen LogP) is 6.44. The first kappa shape index (κ1) is 33.1. The Morgan fingerprint density at radius 1 is 0.784 bits per heavy atom. The van der Waals surface area contributed by atoms with Crippen LogP contribution in [0, 0.1) is 14.1 Å². The van der Waals surface area contributed by atoms with E-state index in [9.17, 15) is 19.8 Å². The number of halogens is 2. The minimum atomic E-state index is -0.478. The summed E-state index contributed by atoms with van der Waals surface area (Å²) in [6.45, 7) is 13.9. The Hall–Kier alpha value is -1.96. The van der Waals surface area contributed by atoms with Crippen molar-refractivity contribution in [1.82, 2.24) is 10.6 Å². The van der Waals surface area contributed by atoms with Crippen LogP contribution in [-0.4, -0.2) is 46.7 Å². The summed E-state index contributed by atoms with van der Waals surface area (Å²) in [5, 5.41) is 24.5. The molecule has 2 aromatic rings. The molecule has 4 N–H and O–H groups in total. The molecule has 0 bridgehead atoms. The monoisotopic (exact) mass is 740 g/mol. The van der Waals surface area contributed by atoms with E-state index in [2.05, 4.69) is 55.8 Å². The van der Waals surface area contributed by atoms with Crippen LogP contribution >= 0.6 is 45.2 Å². The van der Waals surface area contributed by atoms with Crippen LogP contribution in [0.4, 0.5) is 9.59 Å². The van der Waals surface area contributed by atoms with E-state index >= 15 is 0 Å². The number of hydrogen-bond donors (Lipinski definition) is 4. The molecular weight excluding hydrogens is 702 g/mol. The predicted molar refractivity (Wildman–Crippen MR) is 162 cm³/mol. The molecule has 0 radical (unpaired) electrons. The molecule has 8 nitrogen and oxygen atoms in total. The zero-order chi connectivity index (χ0) is 28.4. The third-order valence-electron chi connectivity index (χ3n) is 4.49. The Morgan fingerprint density at radius 2 is 1.24 bits per heavy atom. The van der Waals surface area contributed by atoms with Crippen LogP contribution in [0.2, 0.25) is 0 Å². The first-order valence-corrected chi connectivity index (χ1v) is 14.0. The van der Waals surface area contributed by atoms with Gasteiger partial charge in [-0.15, -0.1) is 0 Å². The molecule has 10 heteroatoms. The molecular formula is C27H38I2N2O6. The fourth-order valence-corrected chi connectivity index (χ4v) is 4.31. The molecule has 0 heterocycles. The number of nitrogens with one attached hydrogen (secondary N) is 2. The number of benzene rings is 2. The van der Waals surface area contributed by atoms with Crippen LogP contribution < -0.4 is 10.6 Å². The van der Waals surface area contributed by atoms with Gasteiger partial charge < -0.3 is 30.3 Å². The van der Waals surface area contributed by atoms with Gasteiger partial charge in [-0.25, -0.2) is 9.59 Å². The highest BCUT2D eigenvalue weighted by molar-refractivity contribution is 14.1. The highest BCUT2D eigenvalue weighted by Gasteiger charge is 2.16. The lowest BCUT2D eigenvalue weighted by molar-refractivity contribution is 0.0517. The Bertz CT molecular complexity index is 1040. The minimum Gasteiger partial charge on any atom is -0.507 e. The standard InChI is InChI=1S/C14H20INO3.C13H18INO3/c1-9-7-10(8-11(15)12(9)17)5-6-16-13(18)19-14(2,3)4;1-13(2,3)18-12(17)15-7-6-9-4-5-11(16)10(14)8-9/h7-8,17H,5-6H2,1-4H3,(H,16,18);4-5,8,16H,6-7H2,1-3H3,(H,15,17). The van der Waals surface area contributed by atoms with Gasteiger partial charge in [0.05, 0.1) is 7.14 Å². The average molecular weight is 740 g/mol. The number of amides is 2. The fraction of sp³-hybridized carbons (Fsp3) is 0.481. The Kier molecular flexibility index (Phi) is 13.3. The maximum atomic E-state index is 11.5. The van der Waals surface area contributed by atoms with Gasteiger partial charge >= 0.3 is 12.2 Å². The number of carbonyl (C=O) groups is 2. The largest absolute Gasteiger partial charge is 0.507 e. The summed E-state index contributed by atoms with van der Waals surface area (Å²) in [5.74, 6) is 0.601. The summed E-state index contributed by atoms with van der Waals surface area (Å²) in [6.07, 6.45) is 0.597. The molecule has 0 aliphatic carbocycles. The zero-order valence-electron chi connectivity index (χ0n) is 22.5. The van der Waals surface area contributed by atoms with E-state index in [1.165, 1.54) is 0 Å². The fourth-order valence-electron chi connectivity index (χ4n) is 2.90. The number of rotatable bonds is 6. The Morgan fingerprint density at radius 3 is 1.68 bits per heavy atom. The third-order valence-corrected chi connectivity index (χ3v) is 6.18. The van der Waals surface area contributed by atoms with Crippen molar-refractivity contribution >= 4 is 57.4 Å². The average Bonchev–Trinajstić information content (AvgIpc) is 2.72. The van der Waals surface area contributed by atoms with Crippen LogP contribution in [0.3, 0.4) is 0 Å². The maximum absolute atomic E-state index is 11.5. The van der Waals surface area contributed by atoms with E-state index in [1.54, 1.807) is 6.07 Å². The van der Waals surface area contributed by atoms with Crippen molar-refractivity contribution in [2.24, 2.45) is 0 Å². The summed E-state index contributed by atoms with van der Waals surface area (Å²) in [4.78, 5) is 22.9. The number of ether oxygens (including phenoxy) is 2. The number of phenolic OH excluding ortho intramolecular Hbond substituents is 2. The second-order valence-corrected chi connectivity index (χ2v) is 12.7. The first-order chi connectivity index (χ1) is 17.0. The lowest BCUT2D eigenvalue weighted by Gasteiger charge is -2.19. The molecule has 0 spiro atoms. The van der Waals surface area contributed by atoms with E-state index in [4.69, 9.17) is 9.47 Å². The minimum absolute atomic E-state index is 0.277. The lowest BCUT2D eigenvalue weighted by atomic mass is 10.1. The van der Waals surface area contributed by atoms with Crippen molar-refractivity contribution in [1.29, 1.82) is 0 Å². The molecule has 0 atom stereocenters. The molecule has 0 saturated carbocycles. The van der Waals surface area contributed by atoms with Gasteiger partial charge in [0.1, 0.15) is 22.7 Å². The van der Waals surface area contributed by atoms with Crippen molar-refractivity contribution in [2.75, 3.05) is 13.1 Å². The van der Waals surface area contributed by atoms with Gasteiger partial charge in [-0.2, -0.15) is 0 Å². The quantitative estimate of drug-likeness (QED) is 0.254. The molecule has 0 saturated heterocycles. The van der Waals surface area contributed by atoms with E-state index in [0.717, 1.165) is 23.8 Å². The van der Waals surface area contributed by atoms with Crippen molar-refractivity contribution in [3.8, 4) is 11.5 Å². The van der Waals surface area contributed by atoms with Gasteiger partial charge in [0, 0.05) is 13.1 Å². The number of aryl methyl sites for hydroxylation is 1. The molecule has 0 aliphatic rings. The second-order valence-electron chi connectivity index (χ2n) is 10.4. The number of alkyl carbamates (subject to hydrolysis) is 2. The van der Waals surface area contributed by atoms with E-state index in [0.29, 0.717) is 31.7 Å². The van der Waals surface area contributed by atoms with Gasteiger partial charge in [0.25, 0.3) is 0 Å². The number of aromatic hydroxyl groups is 2. The van der Waals surface area contributed by atoms with Crippen molar-refractivity contribution in [2.45, 2.75) is 72.5 Å². The highest BCUT2D eigenvalue weighted by atomic mass is 127. The molecule has 0 fully saturated rings. The van der Waals surface area contributed by atoms with Crippen molar-refractivity contribution in [3.63, 3.8) is 0 Å². The normalized spacial score (nSPS) is 11.2. The number of hydrogen-bond acceptors (Lipinski definition) is 6. The Labute approximate surface area is 247 Å². The number of carbonyl (C=O) groups excluding carboxylic acids is 2. The molecule has 2 amide bonds. The summed E-state index contributed by atoms with van der Waals surface area (Å²) in [6, 6.07) is 9.24. The van der Waals surface area contributed by atoms with E-state index in [1.807, 2.05) is 72.7 Å². The summed E-state index contributed by atoms with van der Waals surface area (Å²) in [5.41, 5.74) is 2.04. The van der Waals surface area contributed by atoms with Crippen LogP contribution in [0.25, 0.3) is 0 Å². The second kappa shape index (κ2) is 14.8. The zero-order valence-corrected chi connectivity index (χ0v) is 26.8. The SMILES string of the molecule is CC(C)(C)OC(=O)NCCc1ccc(O)c(I)c1.Cc1cc(CCNC(=O)OC(C)(C)C)cc(I)c1O. The summed E-state index contributed by atoms with van der Waals surface area (Å²) < 4.78 is 11.9. The van der Waals surface area contributed by atoms with Crippen LogP contribution in [0.1, 0.15) is 58.2 Å². The molecule has 2 aromatic carbocycles. The Balaban J connectivity index is 0.000000371. The third kappa shape index (κ3) is 14.5. The molecule has 2 rings (SSSR count). The number of phenols is 2. The molecule has 206 valence electrons. The molecule has 0 aromatic heterocycles. The van der Waals surface area contributed by atoms with Gasteiger partial charge in [-0.3, -0.25) is 0 Å². The van der Waals surface area contributed by atoms with Gasteiger partial charge in [-0.05, 0) is 141 Å². The molecule has 0 aliphatic heterocycles. The van der Waals surface area contributed by atoms with Crippen LogP contribution in [0.15, 0.2) is 30.3 Å². The maximum Gasteiger partial charge on any atom is 0.407 e. The van der Waals surface area contributed by atoms with E-state index < -0.39 is 23.4 Å². The van der Waals surface area contributed by atoms with Gasteiger partial charge in [-0.1, -0.05) is 12.1 Å². The van der Waals surface area contributed by atoms with Crippen LogP contribution in [0.5, 0.6) is 11.5 Å². The van der Waals surface area contributed by atoms with E-state index in [-0.39, 0.29) is 5.75 Å².